The van der Waals surface area contributed by atoms with Crippen LogP contribution in [0, 0.1) is 0 Å². The maximum absolute atomic E-state index is 12.4. The number of hydrogen-bond acceptors (Lipinski definition) is 5. The zero-order valence-electron chi connectivity index (χ0n) is 12.5. The SMILES string of the molecule is COc1cc(NC(=O)c2ccc3c(c2)OCO3)c(OC)cc1Cl. The van der Waals surface area contributed by atoms with Crippen LogP contribution in [-0.4, -0.2) is 26.9 Å². The summed E-state index contributed by atoms with van der Waals surface area (Å²) < 4.78 is 20.9. The fourth-order valence-corrected chi connectivity index (χ4v) is 2.42. The van der Waals surface area contributed by atoms with E-state index in [1.165, 1.54) is 14.2 Å². The Morgan fingerprint density at radius 2 is 1.83 bits per heavy atom. The number of ether oxygens (including phenoxy) is 4. The Morgan fingerprint density at radius 1 is 1.09 bits per heavy atom. The first-order valence-corrected chi connectivity index (χ1v) is 7.12. The van der Waals surface area contributed by atoms with Crippen molar-refractivity contribution < 1.29 is 23.7 Å². The van der Waals surface area contributed by atoms with E-state index < -0.39 is 0 Å². The smallest absolute Gasteiger partial charge is 0.255 e. The summed E-state index contributed by atoms with van der Waals surface area (Å²) in [4.78, 5) is 12.4. The molecule has 23 heavy (non-hydrogen) atoms. The predicted molar refractivity (Wildman–Crippen MR) is 85.1 cm³/mol. The van der Waals surface area contributed by atoms with E-state index in [4.69, 9.17) is 30.5 Å². The molecule has 0 spiro atoms. The lowest BCUT2D eigenvalue weighted by Crippen LogP contribution is -2.12. The molecule has 1 N–H and O–H groups in total. The molecule has 3 rings (SSSR count). The molecular weight excluding hydrogens is 322 g/mol. The van der Waals surface area contributed by atoms with Gasteiger partial charge in [-0.1, -0.05) is 11.6 Å². The summed E-state index contributed by atoms with van der Waals surface area (Å²) in [5.41, 5.74) is 0.890. The average Bonchev–Trinajstić information content (AvgIpc) is 3.03. The van der Waals surface area contributed by atoms with Gasteiger partial charge < -0.3 is 24.3 Å². The molecule has 0 saturated heterocycles. The summed E-state index contributed by atoms with van der Waals surface area (Å²) in [7, 11) is 2.99. The van der Waals surface area contributed by atoms with Crippen LogP contribution in [0.15, 0.2) is 30.3 Å². The molecule has 0 saturated carbocycles. The van der Waals surface area contributed by atoms with Gasteiger partial charge in [-0.25, -0.2) is 0 Å². The number of carbonyl (C=O) groups is 1. The Hall–Kier alpha value is -2.60. The molecule has 0 aromatic heterocycles. The number of anilines is 1. The van der Waals surface area contributed by atoms with Gasteiger partial charge in [-0.05, 0) is 18.2 Å². The lowest BCUT2D eigenvalue weighted by Gasteiger charge is -2.13. The van der Waals surface area contributed by atoms with Crippen LogP contribution in [0.2, 0.25) is 5.02 Å². The number of amides is 1. The van der Waals surface area contributed by atoms with Crippen molar-refractivity contribution in [3.63, 3.8) is 0 Å². The van der Waals surface area contributed by atoms with Crippen LogP contribution in [0.4, 0.5) is 5.69 Å². The summed E-state index contributed by atoms with van der Waals surface area (Å²) in [5, 5.41) is 3.17. The van der Waals surface area contributed by atoms with E-state index in [0.29, 0.717) is 39.3 Å². The van der Waals surface area contributed by atoms with E-state index in [1.807, 2.05) is 0 Å². The van der Waals surface area contributed by atoms with Gasteiger partial charge in [0.05, 0.1) is 24.9 Å². The lowest BCUT2D eigenvalue weighted by atomic mass is 10.1. The number of benzene rings is 2. The van der Waals surface area contributed by atoms with Crippen molar-refractivity contribution in [3.8, 4) is 23.0 Å². The second kappa shape index (κ2) is 6.26. The summed E-state index contributed by atoms with van der Waals surface area (Å²) >= 11 is 6.05. The Kier molecular flexibility index (Phi) is 4.16. The standard InChI is InChI=1S/C16H14ClNO5/c1-20-13-7-11(14(21-2)6-10(13)17)18-16(19)9-3-4-12-15(5-9)23-8-22-12/h3-7H,8H2,1-2H3,(H,18,19). The number of methoxy groups -OCH3 is 2. The molecule has 0 radical (unpaired) electrons. The highest BCUT2D eigenvalue weighted by Gasteiger charge is 2.18. The molecule has 0 atom stereocenters. The van der Waals surface area contributed by atoms with Crippen LogP contribution in [0.5, 0.6) is 23.0 Å². The minimum Gasteiger partial charge on any atom is -0.495 e. The first-order valence-electron chi connectivity index (χ1n) is 6.75. The minimum atomic E-state index is -0.314. The van der Waals surface area contributed by atoms with Crippen molar-refractivity contribution in [2.24, 2.45) is 0 Å². The molecule has 2 aromatic carbocycles. The highest BCUT2D eigenvalue weighted by molar-refractivity contribution is 6.32. The second-order valence-electron chi connectivity index (χ2n) is 4.71. The molecule has 1 amide bonds. The second-order valence-corrected chi connectivity index (χ2v) is 5.12. The molecule has 0 bridgehead atoms. The monoisotopic (exact) mass is 335 g/mol. The van der Waals surface area contributed by atoms with Crippen LogP contribution in [0.25, 0.3) is 0 Å². The molecular formula is C16H14ClNO5. The van der Waals surface area contributed by atoms with Crippen LogP contribution in [0.3, 0.4) is 0 Å². The Morgan fingerprint density at radius 3 is 2.57 bits per heavy atom. The van der Waals surface area contributed by atoms with Gasteiger partial charge >= 0.3 is 0 Å². The van der Waals surface area contributed by atoms with Crippen molar-refractivity contribution in [1.82, 2.24) is 0 Å². The van der Waals surface area contributed by atoms with Gasteiger partial charge in [0, 0.05) is 17.7 Å². The van der Waals surface area contributed by atoms with E-state index in [0.717, 1.165) is 0 Å². The molecule has 0 unspecified atom stereocenters. The highest BCUT2D eigenvalue weighted by atomic mass is 35.5. The van der Waals surface area contributed by atoms with Crippen LogP contribution in [-0.2, 0) is 0 Å². The lowest BCUT2D eigenvalue weighted by molar-refractivity contribution is 0.102. The van der Waals surface area contributed by atoms with E-state index >= 15 is 0 Å². The number of carbonyl (C=O) groups excluding carboxylic acids is 1. The van der Waals surface area contributed by atoms with Crippen LogP contribution in [0.1, 0.15) is 10.4 Å². The van der Waals surface area contributed by atoms with Gasteiger partial charge in [0.15, 0.2) is 11.5 Å². The summed E-state index contributed by atoms with van der Waals surface area (Å²) in [6.07, 6.45) is 0. The van der Waals surface area contributed by atoms with Gasteiger partial charge in [-0.15, -0.1) is 0 Å². The fourth-order valence-electron chi connectivity index (χ4n) is 2.19. The zero-order chi connectivity index (χ0) is 16.4. The molecule has 7 heteroatoms. The number of hydrogen-bond donors (Lipinski definition) is 1. The molecule has 0 fully saturated rings. The maximum atomic E-state index is 12.4. The minimum absolute atomic E-state index is 0.155. The predicted octanol–water partition coefficient (Wildman–Crippen LogP) is 3.34. The Balaban J connectivity index is 1.87. The number of halogens is 1. The van der Waals surface area contributed by atoms with Gasteiger partial charge in [0.2, 0.25) is 6.79 Å². The van der Waals surface area contributed by atoms with Gasteiger partial charge in [0.25, 0.3) is 5.91 Å². The first-order chi connectivity index (χ1) is 11.1. The van der Waals surface area contributed by atoms with Gasteiger partial charge in [-0.3, -0.25) is 4.79 Å². The van der Waals surface area contributed by atoms with Crippen molar-refractivity contribution in [2.45, 2.75) is 0 Å². The third-order valence-electron chi connectivity index (χ3n) is 3.36. The highest BCUT2D eigenvalue weighted by Crippen LogP contribution is 2.37. The fraction of sp³-hybridized carbons (Fsp3) is 0.188. The van der Waals surface area contributed by atoms with Gasteiger partial charge in [0.1, 0.15) is 11.5 Å². The molecule has 0 aliphatic carbocycles. The number of nitrogens with one attached hydrogen (secondary N) is 1. The summed E-state index contributed by atoms with van der Waals surface area (Å²) in [6, 6.07) is 8.15. The molecule has 6 nitrogen and oxygen atoms in total. The number of fused-ring (bicyclic) bond motifs is 1. The summed E-state index contributed by atoms with van der Waals surface area (Å²) in [6.45, 7) is 0.155. The third-order valence-corrected chi connectivity index (χ3v) is 3.65. The van der Waals surface area contributed by atoms with E-state index in [1.54, 1.807) is 30.3 Å². The Labute approximate surface area is 137 Å². The molecule has 1 aliphatic heterocycles. The van der Waals surface area contributed by atoms with E-state index in [-0.39, 0.29) is 12.7 Å². The number of rotatable bonds is 4. The Bertz CT molecular complexity index is 762. The molecule has 1 aliphatic rings. The summed E-state index contributed by atoms with van der Waals surface area (Å²) in [5.74, 6) is 1.72. The van der Waals surface area contributed by atoms with Crippen molar-refractivity contribution >= 4 is 23.2 Å². The van der Waals surface area contributed by atoms with Gasteiger partial charge in [-0.2, -0.15) is 0 Å². The molecule has 1 heterocycles. The average molecular weight is 336 g/mol. The van der Waals surface area contributed by atoms with E-state index in [9.17, 15) is 4.79 Å². The first kappa shape index (κ1) is 15.3. The van der Waals surface area contributed by atoms with E-state index in [2.05, 4.69) is 5.32 Å². The van der Waals surface area contributed by atoms with Crippen molar-refractivity contribution in [1.29, 1.82) is 0 Å². The zero-order valence-corrected chi connectivity index (χ0v) is 13.3. The van der Waals surface area contributed by atoms with Crippen molar-refractivity contribution in [2.75, 3.05) is 26.3 Å². The quantitative estimate of drug-likeness (QED) is 0.928. The van der Waals surface area contributed by atoms with Crippen molar-refractivity contribution in [3.05, 3.63) is 40.9 Å². The third kappa shape index (κ3) is 2.98. The van der Waals surface area contributed by atoms with Crippen LogP contribution >= 0.6 is 11.6 Å². The topological polar surface area (TPSA) is 66.0 Å². The molecule has 2 aromatic rings. The molecule has 120 valence electrons. The normalized spacial score (nSPS) is 12.0. The van der Waals surface area contributed by atoms with Crippen LogP contribution < -0.4 is 24.3 Å². The maximum Gasteiger partial charge on any atom is 0.255 e. The largest absolute Gasteiger partial charge is 0.495 e.